The first kappa shape index (κ1) is 14.8. The van der Waals surface area contributed by atoms with Crippen LogP contribution in [-0.2, 0) is 19.3 Å². The number of benzene rings is 1. The highest BCUT2D eigenvalue weighted by Crippen LogP contribution is 2.26. The minimum absolute atomic E-state index is 0.381. The number of nitrogens with zero attached hydrogens (tertiary/aromatic N) is 4. The largest absolute Gasteiger partial charge is 0.280 e. The smallest absolute Gasteiger partial charge is 0.163 e. The first-order chi connectivity index (χ1) is 10.2. The Morgan fingerprint density at radius 3 is 2.81 bits per heavy atom. The van der Waals surface area contributed by atoms with Crippen LogP contribution >= 0.6 is 34.2 Å². The van der Waals surface area contributed by atoms with Crippen molar-refractivity contribution >= 4 is 45.4 Å². The number of fused-ring (bicyclic) bond motifs is 1. The average Bonchev–Trinajstić information content (AvgIpc) is 2.98. The van der Waals surface area contributed by atoms with Crippen molar-refractivity contribution in [2.24, 2.45) is 7.05 Å². The molecular formula is C15H16ClIN4. The Kier molecular flexibility index (Phi) is 4.21. The second kappa shape index (κ2) is 5.96. The molecule has 0 radical (unpaired) electrons. The minimum Gasteiger partial charge on any atom is -0.280 e. The van der Waals surface area contributed by atoms with Crippen LogP contribution in [-0.4, -0.2) is 19.3 Å². The number of aromatic nitrogens is 4. The number of hydrogen-bond acceptors (Lipinski definition) is 2. The maximum absolute atomic E-state index is 6.12. The summed E-state index contributed by atoms with van der Waals surface area (Å²) in [6.07, 6.45) is 1.99. The van der Waals surface area contributed by atoms with Gasteiger partial charge in [-0.25, -0.2) is 9.67 Å². The van der Waals surface area contributed by atoms with Gasteiger partial charge in [0.2, 0.25) is 0 Å². The van der Waals surface area contributed by atoms with Crippen molar-refractivity contribution in [1.29, 1.82) is 0 Å². The van der Waals surface area contributed by atoms with Crippen LogP contribution in [0.3, 0.4) is 0 Å². The molecule has 21 heavy (non-hydrogen) atoms. The third kappa shape index (κ3) is 2.57. The molecule has 2 heterocycles. The van der Waals surface area contributed by atoms with E-state index < -0.39 is 0 Å². The van der Waals surface area contributed by atoms with Crippen molar-refractivity contribution < 1.29 is 0 Å². The number of aryl methyl sites for hydroxylation is 2. The van der Waals surface area contributed by atoms with E-state index >= 15 is 0 Å². The van der Waals surface area contributed by atoms with E-state index in [-0.39, 0.29) is 0 Å². The van der Waals surface area contributed by atoms with E-state index in [9.17, 15) is 0 Å². The molecule has 110 valence electrons. The van der Waals surface area contributed by atoms with Crippen LogP contribution in [0.1, 0.15) is 24.9 Å². The van der Waals surface area contributed by atoms with Crippen LogP contribution in [0.25, 0.3) is 16.9 Å². The molecule has 4 nitrogen and oxygen atoms in total. The molecule has 0 aliphatic rings. The Morgan fingerprint density at radius 1 is 1.33 bits per heavy atom. The lowest BCUT2D eigenvalue weighted by Gasteiger charge is -2.08. The fourth-order valence-electron chi connectivity index (χ4n) is 2.61. The second-order valence-electron chi connectivity index (χ2n) is 4.97. The van der Waals surface area contributed by atoms with Gasteiger partial charge in [-0.3, -0.25) is 4.57 Å². The van der Waals surface area contributed by atoms with Gasteiger partial charge in [0.05, 0.1) is 11.6 Å². The third-order valence-electron chi connectivity index (χ3n) is 3.45. The van der Waals surface area contributed by atoms with Gasteiger partial charge in [0.15, 0.2) is 5.65 Å². The zero-order chi connectivity index (χ0) is 15.0. The number of hydrogen-bond donors (Lipinski definition) is 0. The molecule has 3 rings (SSSR count). The molecule has 0 unspecified atom stereocenters. The van der Waals surface area contributed by atoms with Gasteiger partial charge in [0, 0.05) is 16.3 Å². The van der Waals surface area contributed by atoms with Crippen molar-refractivity contribution in [3.05, 3.63) is 39.4 Å². The van der Waals surface area contributed by atoms with Gasteiger partial charge in [-0.05, 0) is 47.2 Å². The fraction of sp³-hybridized carbons (Fsp3) is 0.333. The average molecular weight is 415 g/mol. The molecule has 0 aliphatic heterocycles. The summed E-state index contributed by atoms with van der Waals surface area (Å²) in [5, 5.41) is 4.61. The van der Waals surface area contributed by atoms with E-state index in [1.807, 2.05) is 17.8 Å². The van der Waals surface area contributed by atoms with E-state index in [2.05, 4.69) is 57.4 Å². The summed E-state index contributed by atoms with van der Waals surface area (Å²) in [5.41, 5.74) is 4.10. The van der Waals surface area contributed by atoms with Crippen LogP contribution in [0.5, 0.6) is 0 Å². The lowest BCUT2D eigenvalue weighted by atomic mass is 10.2. The van der Waals surface area contributed by atoms with Crippen LogP contribution in [0.2, 0.25) is 0 Å². The molecule has 0 saturated heterocycles. The minimum atomic E-state index is 0.381. The second-order valence-corrected chi connectivity index (χ2v) is 6.48. The van der Waals surface area contributed by atoms with Crippen molar-refractivity contribution in [2.45, 2.75) is 25.6 Å². The van der Waals surface area contributed by atoms with Gasteiger partial charge in [0.1, 0.15) is 11.3 Å². The van der Waals surface area contributed by atoms with Gasteiger partial charge in [-0.1, -0.05) is 19.4 Å². The maximum Gasteiger partial charge on any atom is 0.163 e. The number of rotatable bonds is 4. The Bertz CT molecular complexity index is 790. The Balaban J connectivity index is 2.30. The lowest BCUT2D eigenvalue weighted by Crippen LogP contribution is -2.04. The maximum atomic E-state index is 6.12. The van der Waals surface area contributed by atoms with Gasteiger partial charge in [-0.15, -0.1) is 11.6 Å². The Hall–Kier alpha value is -1.08. The van der Waals surface area contributed by atoms with Gasteiger partial charge in [0.25, 0.3) is 0 Å². The van der Waals surface area contributed by atoms with Gasteiger partial charge < -0.3 is 0 Å². The molecule has 1 aromatic carbocycles. The van der Waals surface area contributed by atoms with Crippen LogP contribution in [0.4, 0.5) is 0 Å². The number of alkyl halides is 1. The van der Waals surface area contributed by atoms with Gasteiger partial charge in [-0.2, -0.15) is 5.10 Å². The third-order valence-corrected chi connectivity index (χ3v) is 4.36. The summed E-state index contributed by atoms with van der Waals surface area (Å²) >= 11 is 8.43. The normalized spacial score (nSPS) is 11.4. The van der Waals surface area contributed by atoms with E-state index in [1.54, 1.807) is 0 Å². The number of halogens is 2. The fourth-order valence-corrected chi connectivity index (χ4v) is 3.31. The molecule has 0 amide bonds. The highest BCUT2D eigenvalue weighted by molar-refractivity contribution is 14.1. The zero-order valence-electron chi connectivity index (χ0n) is 12.0. The molecule has 0 fully saturated rings. The zero-order valence-corrected chi connectivity index (χ0v) is 14.9. The van der Waals surface area contributed by atoms with Crippen LogP contribution < -0.4 is 0 Å². The first-order valence-corrected chi connectivity index (χ1v) is 8.52. The summed E-state index contributed by atoms with van der Waals surface area (Å²) in [6.45, 7) is 2.15. The molecule has 3 aromatic rings. The topological polar surface area (TPSA) is 35.6 Å². The highest BCUT2D eigenvalue weighted by Gasteiger charge is 2.19. The van der Waals surface area contributed by atoms with E-state index in [1.165, 1.54) is 3.57 Å². The summed E-state index contributed by atoms with van der Waals surface area (Å²) in [7, 11) is 1.96. The molecule has 0 spiro atoms. The molecule has 2 aromatic heterocycles. The van der Waals surface area contributed by atoms with Crippen molar-refractivity contribution in [3.8, 4) is 5.69 Å². The molecular weight excluding hydrogens is 399 g/mol. The lowest BCUT2D eigenvalue weighted by molar-refractivity contribution is 0.732. The van der Waals surface area contributed by atoms with Crippen molar-refractivity contribution in [3.63, 3.8) is 0 Å². The molecule has 0 N–H and O–H groups in total. The standard InChI is InChI=1S/C15H16ClIN4/c1-3-5-12-14-15(20(2)19-12)21(13(9-16)18-14)11-7-4-6-10(17)8-11/h4,6-8H,3,5,9H2,1-2H3. The molecule has 0 saturated carbocycles. The Morgan fingerprint density at radius 2 is 2.14 bits per heavy atom. The molecule has 6 heteroatoms. The van der Waals surface area contributed by atoms with Crippen LogP contribution in [0.15, 0.2) is 24.3 Å². The Labute approximate surface area is 142 Å². The summed E-state index contributed by atoms with van der Waals surface area (Å²) in [5.74, 6) is 1.24. The van der Waals surface area contributed by atoms with E-state index in [4.69, 9.17) is 16.6 Å². The molecule has 0 atom stereocenters. The van der Waals surface area contributed by atoms with E-state index in [0.29, 0.717) is 5.88 Å². The first-order valence-electron chi connectivity index (χ1n) is 6.90. The van der Waals surface area contributed by atoms with Crippen molar-refractivity contribution in [2.75, 3.05) is 0 Å². The summed E-state index contributed by atoms with van der Waals surface area (Å²) in [4.78, 5) is 4.72. The van der Waals surface area contributed by atoms with E-state index in [0.717, 1.165) is 41.2 Å². The predicted octanol–water partition coefficient (Wildman–Crippen LogP) is 4.05. The monoisotopic (exact) mass is 414 g/mol. The number of imidazole rings is 1. The van der Waals surface area contributed by atoms with Crippen LogP contribution in [0, 0.1) is 3.57 Å². The van der Waals surface area contributed by atoms with Gasteiger partial charge >= 0.3 is 0 Å². The highest BCUT2D eigenvalue weighted by atomic mass is 127. The predicted molar refractivity (Wildman–Crippen MR) is 94.1 cm³/mol. The molecule has 0 aliphatic carbocycles. The summed E-state index contributed by atoms with van der Waals surface area (Å²) in [6, 6.07) is 8.32. The van der Waals surface area contributed by atoms with Crippen molar-refractivity contribution in [1.82, 2.24) is 19.3 Å². The quantitative estimate of drug-likeness (QED) is 0.477. The molecule has 0 bridgehead atoms. The SMILES string of the molecule is CCCc1nn(C)c2c1nc(CCl)n2-c1cccc(I)c1. The summed E-state index contributed by atoms with van der Waals surface area (Å²) < 4.78 is 5.20.